The van der Waals surface area contributed by atoms with Crippen molar-refractivity contribution >= 4 is 0 Å². The molecular formula is C12H12F5N3O2. The van der Waals surface area contributed by atoms with E-state index in [2.05, 4.69) is 10.0 Å². The predicted octanol–water partition coefficient (Wildman–Crippen LogP) is 4.48. The maximum absolute atomic E-state index is 13.7. The molecule has 0 saturated heterocycles. The van der Waals surface area contributed by atoms with Gasteiger partial charge >= 0.3 is 0 Å². The van der Waals surface area contributed by atoms with E-state index in [4.69, 9.17) is 15.3 Å². The smallest absolute Gasteiger partial charge is 0.200 e. The number of hydrogen-bond acceptors (Lipinski definition) is 3. The molecule has 1 rings (SSSR count). The molecule has 122 valence electrons. The molecule has 0 radical (unpaired) electrons. The van der Waals surface area contributed by atoms with Crippen molar-refractivity contribution < 1.29 is 31.7 Å². The lowest BCUT2D eigenvalue weighted by Crippen LogP contribution is -2.24. The Morgan fingerprint density at radius 3 is 1.86 bits per heavy atom. The SMILES string of the molecule is CC(C)(C)OOC(CN=[N+]=[N-])c1c(F)c(F)c(F)c(F)c1F. The van der Waals surface area contributed by atoms with Crippen LogP contribution >= 0.6 is 0 Å². The number of hydrogen-bond donors (Lipinski definition) is 0. The van der Waals surface area contributed by atoms with Crippen molar-refractivity contribution in [1.82, 2.24) is 0 Å². The van der Waals surface area contributed by atoms with Crippen molar-refractivity contribution in [2.24, 2.45) is 5.11 Å². The fraction of sp³-hybridized carbons (Fsp3) is 0.500. The van der Waals surface area contributed by atoms with Crippen molar-refractivity contribution in [1.29, 1.82) is 0 Å². The van der Waals surface area contributed by atoms with Crippen LogP contribution in [-0.2, 0) is 9.78 Å². The largest absolute Gasteiger partial charge is 0.230 e. The van der Waals surface area contributed by atoms with Gasteiger partial charge in [0.1, 0.15) is 6.10 Å². The van der Waals surface area contributed by atoms with Crippen LogP contribution in [0.2, 0.25) is 0 Å². The second-order valence-electron chi connectivity index (χ2n) is 5.18. The van der Waals surface area contributed by atoms with Gasteiger partial charge in [0.2, 0.25) is 5.82 Å². The zero-order chi connectivity index (χ0) is 17.1. The van der Waals surface area contributed by atoms with Gasteiger partial charge in [-0.05, 0) is 26.3 Å². The molecule has 0 saturated carbocycles. The second-order valence-corrected chi connectivity index (χ2v) is 5.18. The van der Waals surface area contributed by atoms with Crippen LogP contribution in [0.25, 0.3) is 10.4 Å². The molecule has 0 aliphatic heterocycles. The number of rotatable bonds is 5. The summed E-state index contributed by atoms with van der Waals surface area (Å²) in [7, 11) is 0. The first-order valence-corrected chi connectivity index (χ1v) is 5.96. The summed E-state index contributed by atoms with van der Waals surface area (Å²) in [6, 6.07) is 0. The summed E-state index contributed by atoms with van der Waals surface area (Å²) < 4.78 is 66.8. The van der Waals surface area contributed by atoms with E-state index in [-0.39, 0.29) is 0 Å². The third kappa shape index (κ3) is 4.06. The minimum Gasteiger partial charge on any atom is -0.230 e. The summed E-state index contributed by atoms with van der Waals surface area (Å²) in [6.07, 6.45) is -1.81. The van der Waals surface area contributed by atoms with Crippen molar-refractivity contribution in [3.63, 3.8) is 0 Å². The number of azide groups is 1. The molecule has 1 aromatic carbocycles. The molecule has 0 aromatic heterocycles. The number of halogens is 5. The molecule has 0 spiro atoms. The Balaban J connectivity index is 3.33. The molecule has 0 aliphatic carbocycles. The molecule has 10 heteroatoms. The zero-order valence-electron chi connectivity index (χ0n) is 11.8. The van der Waals surface area contributed by atoms with Gasteiger partial charge in [-0.25, -0.2) is 31.7 Å². The van der Waals surface area contributed by atoms with Gasteiger partial charge in [-0.2, -0.15) is 0 Å². The fourth-order valence-corrected chi connectivity index (χ4v) is 1.39. The Hall–Kier alpha value is -1.90. The summed E-state index contributed by atoms with van der Waals surface area (Å²) in [4.78, 5) is 11.9. The highest BCUT2D eigenvalue weighted by Crippen LogP contribution is 2.31. The standard InChI is InChI=1S/C12H12F5N3O2/c1-12(2,3)22-21-5(4-19-20-18)6-7(13)9(15)11(17)10(16)8(6)14/h5H,4H2,1-3H3. The van der Waals surface area contributed by atoms with E-state index in [1.54, 1.807) is 0 Å². The maximum Gasteiger partial charge on any atom is 0.200 e. The van der Waals surface area contributed by atoms with E-state index >= 15 is 0 Å². The van der Waals surface area contributed by atoms with E-state index in [9.17, 15) is 22.0 Å². The normalized spacial score (nSPS) is 12.9. The molecule has 22 heavy (non-hydrogen) atoms. The first kappa shape index (κ1) is 18.1. The maximum atomic E-state index is 13.7. The summed E-state index contributed by atoms with van der Waals surface area (Å²) in [5, 5.41) is 3.02. The van der Waals surface area contributed by atoms with Gasteiger partial charge in [-0.3, -0.25) is 0 Å². The molecule has 1 unspecified atom stereocenters. The van der Waals surface area contributed by atoms with Crippen LogP contribution in [-0.4, -0.2) is 12.1 Å². The quantitative estimate of drug-likeness (QED) is 0.117. The first-order valence-electron chi connectivity index (χ1n) is 5.96. The van der Waals surface area contributed by atoms with Gasteiger partial charge in [-0.15, -0.1) is 0 Å². The lowest BCUT2D eigenvalue weighted by molar-refractivity contribution is -0.374. The summed E-state index contributed by atoms with van der Waals surface area (Å²) >= 11 is 0. The highest BCUT2D eigenvalue weighted by Gasteiger charge is 2.32. The van der Waals surface area contributed by atoms with Crippen LogP contribution in [0.1, 0.15) is 32.4 Å². The van der Waals surface area contributed by atoms with Crippen LogP contribution in [0.15, 0.2) is 5.11 Å². The fourth-order valence-electron chi connectivity index (χ4n) is 1.39. The highest BCUT2D eigenvalue weighted by molar-refractivity contribution is 5.26. The molecular weight excluding hydrogens is 313 g/mol. The molecule has 5 nitrogen and oxygen atoms in total. The molecule has 1 atom stereocenters. The van der Waals surface area contributed by atoms with Crippen molar-refractivity contribution in [3.05, 3.63) is 45.1 Å². The van der Waals surface area contributed by atoms with E-state index in [1.807, 2.05) is 0 Å². The molecule has 0 bridgehead atoms. The van der Waals surface area contributed by atoms with Gasteiger partial charge in [0.15, 0.2) is 23.3 Å². The Morgan fingerprint density at radius 2 is 1.45 bits per heavy atom. The van der Waals surface area contributed by atoms with Crippen LogP contribution in [0.3, 0.4) is 0 Å². The number of benzene rings is 1. The van der Waals surface area contributed by atoms with Crippen molar-refractivity contribution in [3.8, 4) is 0 Å². The van der Waals surface area contributed by atoms with E-state index in [0.717, 1.165) is 0 Å². The van der Waals surface area contributed by atoms with E-state index < -0.39 is 52.9 Å². The van der Waals surface area contributed by atoms with Gasteiger partial charge < -0.3 is 0 Å². The number of nitrogens with zero attached hydrogens (tertiary/aromatic N) is 3. The summed E-state index contributed by atoms with van der Waals surface area (Å²) in [6.45, 7) is 3.84. The molecule has 0 N–H and O–H groups in total. The summed E-state index contributed by atoms with van der Waals surface area (Å²) in [5.74, 6) is -10.7. The molecule has 0 heterocycles. The minimum absolute atomic E-state index is 0.731. The van der Waals surface area contributed by atoms with Gasteiger partial charge in [0, 0.05) is 4.91 Å². The summed E-state index contributed by atoms with van der Waals surface area (Å²) in [5.41, 5.74) is 6.05. The molecule has 0 fully saturated rings. The van der Waals surface area contributed by atoms with Gasteiger partial charge in [0.05, 0.1) is 17.7 Å². The highest BCUT2D eigenvalue weighted by atomic mass is 19.2. The third-order valence-corrected chi connectivity index (χ3v) is 2.29. The van der Waals surface area contributed by atoms with Gasteiger partial charge in [-0.1, -0.05) is 5.11 Å². The Labute approximate surface area is 122 Å². The molecule has 0 aliphatic rings. The Bertz CT molecular complexity index is 583. The lowest BCUT2D eigenvalue weighted by Gasteiger charge is -2.23. The zero-order valence-corrected chi connectivity index (χ0v) is 11.8. The third-order valence-electron chi connectivity index (χ3n) is 2.29. The first-order chi connectivity index (χ1) is 10.1. The molecule has 1 aromatic rings. The second kappa shape index (κ2) is 6.91. The average molecular weight is 325 g/mol. The van der Waals surface area contributed by atoms with Gasteiger partial charge in [0.25, 0.3) is 0 Å². The van der Waals surface area contributed by atoms with E-state index in [1.165, 1.54) is 20.8 Å². The van der Waals surface area contributed by atoms with E-state index in [0.29, 0.717) is 0 Å². The lowest BCUT2D eigenvalue weighted by atomic mass is 10.1. The van der Waals surface area contributed by atoms with Crippen LogP contribution in [0, 0.1) is 29.1 Å². The van der Waals surface area contributed by atoms with Crippen molar-refractivity contribution in [2.75, 3.05) is 6.54 Å². The van der Waals surface area contributed by atoms with Crippen LogP contribution in [0.4, 0.5) is 22.0 Å². The predicted molar refractivity (Wildman–Crippen MR) is 64.9 cm³/mol. The Kier molecular flexibility index (Phi) is 5.70. The molecule has 0 amide bonds. The van der Waals surface area contributed by atoms with Crippen LogP contribution < -0.4 is 0 Å². The van der Waals surface area contributed by atoms with Crippen LogP contribution in [0.5, 0.6) is 0 Å². The minimum atomic E-state index is -2.29. The Morgan fingerprint density at radius 1 is 1.00 bits per heavy atom. The monoisotopic (exact) mass is 325 g/mol. The average Bonchev–Trinajstić information content (AvgIpc) is 2.44. The van der Waals surface area contributed by atoms with Crippen molar-refractivity contribution in [2.45, 2.75) is 32.5 Å². The topological polar surface area (TPSA) is 67.2 Å².